The second-order valence-electron chi connectivity index (χ2n) is 9.60. The van der Waals surface area contributed by atoms with Gasteiger partial charge in [-0.15, -0.1) is 0 Å². The highest BCUT2D eigenvalue weighted by Gasteiger charge is 2.30. The second kappa shape index (κ2) is 14.4. The van der Waals surface area contributed by atoms with Crippen molar-refractivity contribution in [3.63, 3.8) is 0 Å². The predicted molar refractivity (Wildman–Crippen MR) is 152 cm³/mol. The van der Waals surface area contributed by atoms with E-state index in [1.807, 2.05) is 72.8 Å². The molecule has 0 radical (unpaired) electrons. The average molecular weight is 531 g/mol. The second-order valence-corrected chi connectivity index (χ2v) is 10.0. The molecule has 0 heterocycles. The molecule has 0 spiro atoms. The van der Waals surface area contributed by atoms with Crippen LogP contribution in [0.2, 0.25) is 5.02 Å². The third kappa shape index (κ3) is 8.49. The van der Waals surface area contributed by atoms with Gasteiger partial charge in [0.1, 0.15) is 11.8 Å². The first-order valence-electron chi connectivity index (χ1n) is 13.3. The van der Waals surface area contributed by atoms with Crippen molar-refractivity contribution in [2.45, 2.75) is 51.1 Å². The summed E-state index contributed by atoms with van der Waals surface area (Å²) in [6.45, 7) is 0.659. The summed E-state index contributed by atoms with van der Waals surface area (Å²) in [5, 5.41) is 3.74. The van der Waals surface area contributed by atoms with Crippen LogP contribution in [0.25, 0.3) is 0 Å². The molecule has 0 saturated heterocycles. The predicted octanol–water partition coefficient (Wildman–Crippen LogP) is 6.37. The van der Waals surface area contributed by atoms with Crippen molar-refractivity contribution in [1.29, 1.82) is 0 Å². The van der Waals surface area contributed by atoms with Crippen LogP contribution in [-0.2, 0) is 22.6 Å². The summed E-state index contributed by atoms with van der Waals surface area (Å²) in [6.07, 6.45) is 8.20. The number of benzene rings is 3. The molecule has 1 aliphatic rings. The molecule has 1 aliphatic carbocycles. The molecule has 3 aromatic rings. The fourth-order valence-corrected chi connectivity index (χ4v) is 4.81. The standard InChI is InChI=1S/C32H35ClN2O3/c33-28-18-16-27(17-19-28)23-35(31(36)24-38-29-14-8-3-9-15-29)30(22-26-12-6-2-7-13-26)32(37)34-21-20-25-10-4-1-5-11-25/h2-3,6-10,12-19,30H,1,4-5,11,20-24H2,(H,34,37)/t30-/m1/s1. The maximum Gasteiger partial charge on any atom is 0.261 e. The minimum absolute atomic E-state index is 0.160. The number of rotatable bonds is 12. The fraction of sp³-hybridized carbons (Fsp3) is 0.312. The van der Waals surface area contributed by atoms with Crippen LogP contribution in [0.15, 0.2) is 96.6 Å². The van der Waals surface area contributed by atoms with Crippen LogP contribution in [-0.4, -0.2) is 35.9 Å². The zero-order chi connectivity index (χ0) is 26.6. The lowest BCUT2D eigenvalue weighted by Crippen LogP contribution is -2.51. The topological polar surface area (TPSA) is 58.6 Å². The van der Waals surface area contributed by atoms with E-state index in [4.69, 9.17) is 16.3 Å². The van der Waals surface area contributed by atoms with Crippen molar-refractivity contribution in [3.05, 3.63) is 113 Å². The summed E-state index contributed by atoms with van der Waals surface area (Å²) in [6, 6.07) is 25.7. The molecule has 1 atom stereocenters. The van der Waals surface area contributed by atoms with E-state index in [9.17, 15) is 9.59 Å². The van der Waals surface area contributed by atoms with Crippen molar-refractivity contribution in [2.75, 3.05) is 13.2 Å². The first-order chi connectivity index (χ1) is 18.6. The zero-order valence-corrected chi connectivity index (χ0v) is 22.4. The summed E-state index contributed by atoms with van der Waals surface area (Å²) >= 11 is 6.10. The normalized spacial score (nSPS) is 13.8. The third-order valence-corrected chi connectivity index (χ3v) is 7.03. The minimum Gasteiger partial charge on any atom is -0.484 e. The van der Waals surface area contributed by atoms with E-state index in [0.29, 0.717) is 23.7 Å². The van der Waals surface area contributed by atoms with E-state index in [1.165, 1.54) is 18.4 Å². The van der Waals surface area contributed by atoms with Crippen molar-refractivity contribution in [1.82, 2.24) is 10.2 Å². The quantitative estimate of drug-likeness (QED) is 0.277. The van der Waals surface area contributed by atoms with Crippen LogP contribution in [0, 0.1) is 0 Å². The molecule has 198 valence electrons. The number of carbonyl (C=O) groups excluding carboxylic acids is 2. The molecule has 4 rings (SSSR count). The Labute approximate surface area is 230 Å². The van der Waals surface area contributed by atoms with E-state index in [1.54, 1.807) is 17.0 Å². The van der Waals surface area contributed by atoms with Gasteiger partial charge in [-0.1, -0.05) is 83.9 Å². The summed E-state index contributed by atoms with van der Waals surface area (Å²) in [4.78, 5) is 28.9. The van der Waals surface area contributed by atoms with E-state index in [-0.39, 0.29) is 25.0 Å². The van der Waals surface area contributed by atoms with Crippen molar-refractivity contribution < 1.29 is 14.3 Å². The van der Waals surface area contributed by atoms with E-state index in [0.717, 1.165) is 30.4 Å². The van der Waals surface area contributed by atoms with Gasteiger partial charge in [0, 0.05) is 24.5 Å². The maximum absolute atomic E-state index is 13.7. The number of carbonyl (C=O) groups is 2. The monoisotopic (exact) mass is 530 g/mol. The average Bonchev–Trinajstić information content (AvgIpc) is 2.96. The Morgan fingerprint density at radius 3 is 2.29 bits per heavy atom. The van der Waals surface area contributed by atoms with Crippen molar-refractivity contribution >= 4 is 23.4 Å². The number of hydrogen-bond acceptors (Lipinski definition) is 3. The molecule has 0 bridgehead atoms. The van der Waals surface area contributed by atoms with Crippen LogP contribution in [0.4, 0.5) is 0 Å². The van der Waals surface area contributed by atoms with Crippen LogP contribution in [0.1, 0.15) is 43.2 Å². The molecule has 3 aromatic carbocycles. The molecule has 0 saturated carbocycles. The maximum atomic E-state index is 13.7. The van der Waals surface area contributed by atoms with Crippen LogP contribution in [0.3, 0.4) is 0 Å². The SMILES string of the molecule is O=C(NCCC1=CCCCC1)[C@@H](Cc1ccccc1)N(Cc1ccc(Cl)cc1)C(=O)COc1ccccc1. The highest BCUT2D eigenvalue weighted by atomic mass is 35.5. The van der Waals surface area contributed by atoms with Crippen LogP contribution >= 0.6 is 11.6 Å². The van der Waals surface area contributed by atoms with Gasteiger partial charge >= 0.3 is 0 Å². The zero-order valence-electron chi connectivity index (χ0n) is 21.7. The lowest BCUT2D eigenvalue weighted by Gasteiger charge is -2.31. The van der Waals surface area contributed by atoms with E-state index >= 15 is 0 Å². The molecule has 38 heavy (non-hydrogen) atoms. The van der Waals surface area contributed by atoms with E-state index in [2.05, 4.69) is 11.4 Å². The van der Waals surface area contributed by atoms with Gasteiger partial charge in [0.15, 0.2) is 6.61 Å². The number of nitrogens with one attached hydrogen (secondary N) is 1. The van der Waals surface area contributed by atoms with Gasteiger partial charge in [-0.2, -0.15) is 0 Å². The highest BCUT2D eigenvalue weighted by molar-refractivity contribution is 6.30. The lowest BCUT2D eigenvalue weighted by atomic mass is 9.97. The largest absolute Gasteiger partial charge is 0.484 e. The Morgan fingerprint density at radius 1 is 0.895 bits per heavy atom. The van der Waals surface area contributed by atoms with Crippen LogP contribution in [0.5, 0.6) is 5.75 Å². The minimum atomic E-state index is -0.694. The molecule has 0 aliphatic heterocycles. The Hall–Kier alpha value is -3.57. The summed E-state index contributed by atoms with van der Waals surface area (Å²) < 4.78 is 5.79. The summed E-state index contributed by atoms with van der Waals surface area (Å²) in [5.41, 5.74) is 3.28. The first kappa shape index (κ1) is 27.5. The molecule has 1 N–H and O–H groups in total. The fourth-order valence-electron chi connectivity index (χ4n) is 4.68. The van der Waals surface area contributed by atoms with Gasteiger partial charge in [0.2, 0.25) is 5.91 Å². The lowest BCUT2D eigenvalue weighted by molar-refractivity contribution is -0.142. The number of ether oxygens (including phenoxy) is 1. The molecule has 0 aromatic heterocycles. The number of para-hydroxylation sites is 1. The third-order valence-electron chi connectivity index (χ3n) is 6.77. The Kier molecular flexibility index (Phi) is 10.4. The number of nitrogens with zero attached hydrogens (tertiary/aromatic N) is 1. The number of halogens is 1. The summed E-state index contributed by atoms with van der Waals surface area (Å²) in [5.74, 6) is 0.194. The van der Waals surface area contributed by atoms with Gasteiger partial charge in [-0.25, -0.2) is 0 Å². The van der Waals surface area contributed by atoms with Gasteiger partial charge in [0.25, 0.3) is 5.91 Å². The number of amides is 2. The van der Waals surface area contributed by atoms with Gasteiger partial charge in [0.05, 0.1) is 0 Å². The van der Waals surface area contributed by atoms with Crippen molar-refractivity contribution in [3.8, 4) is 5.75 Å². The molecular weight excluding hydrogens is 496 g/mol. The molecule has 6 heteroatoms. The van der Waals surface area contributed by atoms with Gasteiger partial charge in [-0.3, -0.25) is 9.59 Å². The molecule has 0 fully saturated rings. The Morgan fingerprint density at radius 2 is 1.61 bits per heavy atom. The van der Waals surface area contributed by atoms with Gasteiger partial charge < -0.3 is 15.0 Å². The highest BCUT2D eigenvalue weighted by Crippen LogP contribution is 2.20. The number of allylic oxidation sites excluding steroid dienone is 1. The Bertz CT molecular complexity index is 1200. The molecular formula is C32H35ClN2O3. The first-order valence-corrected chi connectivity index (χ1v) is 13.7. The molecule has 2 amide bonds. The van der Waals surface area contributed by atoms with Crippen LogP contribution < -0.4 is 10.1 Å². The smallest absolute Gasteiger partial charge is 0.261 e. The Balaban J connectivity index is 1.55. The molecule has 0 unspecified atom stereocenters. The van der Waals surface area contributed by atoms with E-state index < -0.39 is 6.04 Å². The summed E-state index contributed by atoms with van der Waals surface area (Å²) in [7, 11) is 0. The van der Waals surface area contributed by atoms with Gasteiger partial charge in [-0.05, 0) is 67.5 Å². The number of hydrogen-bond donors (Lipinski definition) is 1. The molecule has 5 nitrogen and oxygen atoms in total. The van der Waals surface area contributed by atoms with Crippen molar-refractivity contribution in [2.24, 2.45) is 0 Å².